The van der Waals surface area contributed by atoms with Crippen molar-refractivity contribution in [3.05, 3.63) is 34.9 Å². The molecule has 5 nitrogen and oxygen atoms in total. The first kappa shape index (κ1) is 20.6. The Morgan fingerprint density at radius 1 is 1.11 bits per heavy atom. The van der Waals surface area contributed by atoms with Crippen molar-refractivity contribution in [3.8, 4) is 0 Å². The van der Waals surface area contributed by atoms with Crippen molar-refractivity contribution in [2.24, 2.45) is 0 Å². The maximum atomic E-state index is 13.3. The number of nitrogens with one attached hydrogen (secondary N) is 1. The van der Waals surface area contributed by atoms with E-state index in [9.17, 15) is 4.79 Å². The van der Waals surface area contributed by atoms with Gasteiger partial charge in [-0.15, -0.1) is 0 Å². The molecule has 1 aromatic rings. The van der Waals surface area contributed by atoms with E-state index in [1.54, 1.807) is 0 Å². The average Bonchev–Trinajstić information content (AvgIpc) is 2.64. The first-order valence-corrected chi connectivity index (χ1v) is 10.4. The van der Waals surface area contributed by atoms with Gasteiger partial charge < -0.3 is 15.0 Å². The predicted molar refractivity (Wildman–Crippen MR) is 109 cm³/mol. The number of carbonyl (C=O) groups excluding carboxylic acids is 1. The summed E-state index contributed by atoms with van der Waals surface area (Å²) in [6.07, 6.45) is 3.83. The summed E-state index contributed by atoms with van der Waals surface area (Å²) in [5.41, 5.74) is 0.707. The second kappa shape index (κ2) is 9.37. The number of piperidine rings is 1. The zero-order valence-electron chi connectivity index (χ0n) is 16.5. The molecule has 3 rings (SSSR count). The van der Waals surface area contributed by atoms with Gasteiger partial charge in [-0.2, -0.15) is 0 Å². The Balaban J connectivity index is 1.72. The zero-order chi connectivity index (χ0) is 19.3. The number of rotatable bonds is 6. The molecule has 1 N–H and O–H groups in total. The lowest BCUT2D eigenvalue weighted by molar-refractivity contribution is -0.130. The van der Waals surface area contributed by atoms with E-state index in [1.165, 1.54) is 19.3 Å². The Hall–Kier alpha value is -1.14. The van der Waals surface area contributed by atoms with Crippen LogP contribution in [0.1, 0.15) is 44.7 Å². The van der Waals surface area contributed by atoms with Crippen molar-refractivity contribution in [2.75, 3.05) is 45.9 Å². The zero-order valence-corrected chi connectivity index (χ0v) is 17.3. The lowest BCUT2D eigenvalue weighted by Crippen LogP contribution is -2.55. The molecule has 2 aliphatic heterocycles. The summed E-state index contributed by atoms with van der Waals surface area (Å²) in [6.45, 7) is 10.2. The summed E-state index contributed by atoms with van der Waals surface area (Å²) in [4.78, 5) is 18.0. The average molecular weight is 394 g/mol. The molecular formula is C21H32ClN3O2. The van der Waals surface area contributed by atoms with Gasteiger partial charge in [-0.3, -0.25) is 9.69 Å². The van der Waals surface area contributed by atoms with Crippen LogP contribution in [-0.4, -0.2) is 67.2 Å². The second-order valence-electron chi connectivity index (χ2n) is 8.31. The highest BCUT2D eigenvalue weighted by Crippen LogP contribution is 2.25. The van der Waals surface area contributed by atoms with Crippen LogP contribution in [0.3, 0.4) is 0 Å². The van der Waals surface area contributed by atoms with Gasteiger partial charge in [0.05, 0.1) is 13.2 Å². The van der Waals surface area contributed by atoms with Crippen molar-refractivity contribution in [3.63, 3.8) is 0 Å². The van der Waals surface area contributed by atoms with Crippen molar-refractivity contribution in [1.82, 2.24) is 15.1 Å². The molecule has 27 heavy (non-hydrogen) atoms. The van der Waals surface area contributed by atoms with E-state index in [-0.39, 0.29) is 17.5 Å². The van der Waals surface area contributed by atoms with Gasteiger partial charge in [-0.1, -0.05) is 30.2 Å². The van der Waals surface area contributed by atoms with E-state index in [1.807, 2.05) is 24.3 Å². The molecule has 2 heterocycles. The van der Waals surface area contributed by atoms with Gasteiger partial charge in [-0.05, 0) is 57.5 Å². The third-order valence-corrected chi connectivity index (χ3v) is 5.63. The van der Waals surface area contributed by atoms with Gasteiger partial charge in [0.25, 0.3) is 0 Å². The molecular weight excluding hydrogens is 362 g/mol. The van der Waals surface area contributed by atoms with E-state index in [0.29, 0.717) is 18.2 Å². The highest BCUT2D eigenvalue weighted by atomic mass is 35.5. The lowest BCUT2D eigenvalue weighted by Gasteiger charge is -2.39. The number of morpholine rings is 1. The Morgan fingerprint density at radius 3 is 2.37 bits per heavy atom. The minimum absolute atomic E-state index is 0.0567. The van der Waals surface area contributed by atoms with Crippen LogP contribution in [0, 0.1) is 0 Å². The molecule has 2 saturated heterocycles. The quantitative estimate of drug-likeness (QED) is 0.806. The molecule has 2 aliphatic rings. The highest BCUT2D eigenvalue weighted by Gasteiger charge is 2.33. The smallest absolute Gasteiger partial charge is 0.242 e. The third kappa shape index (κ3) is 5.92. The minimum atomic E-state index is -0.313. The Morgan fingerprint density at radius 2 is 1.74 bits per heavy atom. The molecule has 1 atom stereocenters. The summed E-state index contributed by atoms with van der Waals surface area (Å²) in [6, 6.07) is 7.32. The fourth-order valence-corrected chi connectivity index (χ4v) is 4.25. The molecule has 0 bridgehead atoms. The molecule has 0 saturated carbocycles. The van der Waals surface area contributed by atoms with Gasteiger partial charge in [0.2, 0.25) is 5.91 Å². The molecule has 1 amide bonds. The van der Waals surface area contributed by atoms with Crippen LogP contribution in [-0.2, 0) is 9.53 Å². The van der Waals surface area contributed by atoms with Crippen LogP contribution in [0.2, 0.25) is 5.02 Å². The maximum Gasteiger partial charge on any atom is 0.242 e. The summed E-state index contributed by atoms with van der Waals surface area (Å²) < 4.78 is 5.48. The van der Waals surface area contributed by atoms with Crippen molar-refractivity contribution in [1.29, 1.82) is 0 Å². The number of hydrogen-bond acceptors (Lipinski definition) is 4. The highest BCUT2D eigenvalue weighted by molar-refractivity contribution is 6.30. The normalized spacial score (nSPS) is 21.0. The number of carbonyl (C=O) groups is 1. The van der Waals surface area contributed by atoms with Crippen molar-refractivity contribution < 1.29 is 9.53 Å². The molecule has 0 aliphatic carbocycles. The monoisotopic (exact) mass is 393 g/mol. The van der Waals surface area contributed by atoms with E-state index in [2.05, 4.69) is 29.0 Å². The SMILES string of the molecule is CC(C)(CN1CCCCC1)NC(=O)[C@@H](c1ccc(Cl)cc1)N1CCOCC1. The molecule has 150 valence electrons. The topological polar surface area (TPSA) is 44.8 Å². The van der Waals surface area contributed by atoms with Gasteiger partial charge in [-0.25, -0.2) is 0 Å². The second-order valence-corrected chi connectivity index (χ2v) is 8.75. The first-order chi connectivity index (χ1) is 12.9. The largest absolute Gasteiger partial charge is 0.379 e. The summed E-state index contributed by atoms with van der Waals surface area (Å²) in [5, 5.41) is 4.00. The fraction of sp³-hybridized carbons (Fsp3) is 0.667. The number of nitrogens with zero attached hydrogens (tertiary/aromatic N) is 2. The molecule has 0 radical (unpaired) electrons. The van der Waals surface area contributed by atoms with E-state index >= 15 is 0 Å². The van der Waals surface area contributed by atoms with Gasteiger partial charge >= 0.3 is 0 Å². The number of hydrogen-bond donors (Lipinski definition) is 1. The molecule has 2 fully saturated rings. The van der Waals surface area contributed by atoms with Crippen LogP contribution < -0.4 is 5.32 Å². The molecule has 0 aromatic heterocycles. The van der Waals surface area contributed by atoms with Crippen LogP contribution in [0.4, 0.5) is 0 Å². The van der Waals surface area contributed by atoms with Crippen molar-refractivity contribution >= 4 is 17.5 Å². The molecule has 6 heteroatoms. The summed E-state index contributed by atoms with van der Waals surface area (Å²) in [5.74, 6) is 0.0567. The van der Waals surface area contributed by atoms with E-state index in [4.69, 9.17) is 16.3 Å². The number of ether oxygens (including phenoxy) is 1. The third-order valence-electron chi connectivity index (χ3n) is 5.37. The van der Waals surface area contributed by atoms with Crippen LogP contribution in [0.5, 0.6) is 0 Å². The fourth-order valence-electron chi connectivity index (χ4n) is 4.13. The van der Waals surface area contributed by atoms with Crippen molar-refractivity contribution in [2.45, 2.75) is 44.7 Å². The number of amides is 1. The maximum absolute atomic E-state index is 13.3. The standard InChI is InChI=1S/C21H32ClN3O2/c1-21(2,16-24-10-4-3-5-11-24)23-20(26)19(25-12-14-27-15-13-25)17-6-8-18(22)9-7-17/h6-9,19H,3-5,10-16H2,1-2H3,(H,23,26)/t19-/m1/s1. The van der Waals surface area contributed by atoms with Crippen LogP contribution in [0.25, 0.3) is 0 Å². The van der Waals surface area contributed by atoms with E-state index < -0.39 is 0 Å². The molecule has 0 spiro atoms. The molecule has 0 unspecified atom stereocenters. The number of likely N-dealkylation sites (tertiary alicyclic amines) is 1. The Kier molecular flexibility index (Phi) is 7.15. The van der Waals surface area contributed by atoms with Crippen LogP contribution in [0.15, 0.2) is 24.3 Å². The summed E-state index contributed by atoms with van der Waals surface area (Å²) >= 11 is 6.06. The summed E-state index contributed by atoms with van der Waals surface area (Å²) in [7, 11) is 0. The number of benzene rings is 1. The Labute approximate surface area is 168 Å². The lowest BCUT2D eigenvalue weighted by atomic mass is 9.99. The minimum Gasteiger partial charge on any atom is -0.379 e. The first-order valence-electron chi connectivity index (χ1n) is 10.1. The van der Waals surface area contributed by atoms with Gasteiger partial charge in [0.1, 0.15) is 6.04 Å². The van der Waals surface area contributed by atoms with Crippen LogP contribution >= 0.6 is 11.6 Å². The van der Waals surface area contributed by atoms with Gasteiger partial charge in [0.15, 0.2) is 0 Å². The molecule has 1 aromatic carbocycles. The number of halogens is 1. The van der Waals surface area contributed by atoms with E-state index in [0.717, 1.165) is 38.3 Å². The predicted octanol–water partition coefficient (Wildman–Crippen LogP) is 3.09. The Bertz CT molecular complexity index is 608. The van der Waals surface area contributed by atoms with Gasteiger partial charge in [0, 0.05) is 30.2 Å².